The zero-order chi connectivity index (χ0) is 25.3. The molecule has 184 valence electrons. The molecule has 1 amide bonds. The number of carbonyl (C=O) groups is 1. The van der Waals surface area contributed by atoms with Gasteiger partial charge in [-0.2, -0.15) is 5.26 Å². The number of anilines is 1. The van der Waals surface area contributed by atoms with E-state index in [-0.39, 0.29) is 29.9 Å². The normalized spacial score (nSPS) is 14.3. The van der Waals surface area contributed by atoms with E-state index in [1.807, 2.05) is 54.6 Å². The van der Waals surface area contributed by atoms with Gasteiger partial charge in [-0.1, -0.05) is 30.3 Å². The summed E-state index contributed by atoms with van der Waals surface area (Å²) in [5, 5.41) is 21.6. The van der Waals surface area contributed by atoms with Gasteiger partial charge in [-0.05, 0) is 61.9 Å². The molecule has 0 unspecified atom stereocenters. The molecule has 7 heteroatoms. The van der Waals surface area contributed by atoms with Gasteiger partial charge in [0.05, 0.1) is 5.56 Å². The van der Waals surface area contributed by atoms with Crippen LogP contribution in [0.5, 0.6) is 17.2 Å². The van der Waals surface area contributed by atoms with Crippen LogP contribution in [0.25, 0.3) is 6.08 Å². The molecule has 36 heavy (non-hydrogen) atoms. The SMILES string of the molecule is CN1CCC(Oc2cccc(OCc3ccccc3NC(=O)C=Cc3ccc(C#N)c(O)c3)c2)CC1. The van der Waals surface area contributed by atoms with E-state index in [2.05, 4.69) is 17.3 Å². The summed E-state index contributed by atoms with van der Waals surface area (Å²) >= 11 is 0. The van der Waals surface area contributed by atoms with Crippen molar-refractivity contribution in [3.63, 3.8) is 0 Å². The Bertz CT molecular complexity index is 1270. The van der Waals surface area contributed by atoms with Crippen molar-refractivity contribution < 1.29 is 19.4 Å². The first-order chi connectivity index (χ1) is 17.5. The number of piperidine rings is 1. The second-order valence-electron chi connectivity index (χ2n) is 8.75. The van der Waals surface area contributed by atoms with E-state index in [9.17, 15) is 9.90 Å². The van der Waals surface area contributed by atoms with Gasteiger partial charge in [0.2, 0.25) is 5.91 Å². The van der Waals surface area contributed by atoms with Gasteiger partial charge in [-0.15, -0.1) is 0 Å². The van der Waals surface area contributed by atoms with Crippen molar-refractivity contribution in [3.8, 4) is 23.3 Å². The van der Waals surface area contributed by atoms with Gasteiger partial charge in [0, 0.05) is 36.5 Å². The summed E-state index contributed by atoms with van der Waals surface area (Å²) in [6, 6.07) is 21.6. The van der Waals surface area contributed by atoms with Gasteiger partial charge in [-0.3, -0.25) is 4.79 Å². The van der Waals surface area contributed by atoms with Crippen LogP contribution < -0.4 is 14.8 Å². The van der Waals surface area contributed by atoms with E-state index in [1.165, 1.54) is 18.2 Å². The largest absolute Gasteiger partial charge is 0.507 e. The van der Waals surface area contributed by atoms with Crippen LogP contribution in [-0.4, -0.2) is 42.2 Å². The zero-order valence-electron chi connectivity index (χ0n) is 20.2. The van der Waals surface area contributed by atoms with E-state index in [0.717, 1.165) is 37.2 Å². The first kappa shape index (κ1) is 24.8. The van der Waals surface area contributed by atoms with Gasteiger partial charge in [0.25, 0.3) is 0 Å². The molecule has 1 aliphatic rings. The van der Waals surface area contributed by atoms with Crippen molar-refractivity contribution in [2.24, 2.45) is 0 Å². The molecule has 2 N–H and O–H groups in total. The fraction of sp³-hybridized carbons (Fsp3) is 0.241. The molecule has 0 atom stereocenters. The average molecular weight is 484 g/mol. The zero-order valence-corrected chi connectivity index (χ0v) is 20.2. The number of nitrogens with zero attached hydrogens (tertiary/aromatic N) is 2. The van der Waals surface area contributed by atoms with Crippen LogP contribution in [0.1, 0.15) is 29.5 Å². The Hall–Kier alpha value is -4.28. The number of aromatic hydroxyl groups is 1. The summed E-state index contributed by atoms with van der Waals surface area (Å²) in [5.74, 6) is 1.05. The highest BCUT2D eigenvalue weighted by molar-refractivity contribution is 6.02. The number of phenols is 1. The minimum absolute atomic E-state index is 0.122. The van der Waals surface area contributed by atoms with Crippen molar-refractivity contribution in [1.29, 1.82) is 5.26 Å². The molecule has 3 aromatic rings. The number of nitrogens with one attached hydrogen (secondary N) is 1. The number of rotatable bonds is 8. The van der Waals surface area contributed by atoms with Crippen LogP contribution in [0.2, 0.25) is 0 Å². The van der Waals surface area contributed by atoms with Crippen LogP contribution >= 0.6 is 0 Å². The summed E-state index contributed by atoms with van der Waals surface area (Å²) in [4.78, 5) is 14.8. The molecule has 0 radical (unpaired) electrons. The summed E-state index contributed by atoms with van der Waals surface area (Å²) in [6.45, 7) is 2.35. The first-order valence-corrected chi connectivity index (χ1v) is 11.9. The molecule has 1 fully saturated rings. The minimum Gasteiger partial charge on any atom is -0.507 e. The Balaban J connectivity index is 1.35. The number of benzene rings is 3. The molecular formula is C29H29N3O4. The lowest BCUT2D eigenvalue weighted by Crippen LogP contribution is -2.35. The number of likely N-dealkylation sites (tertiary alicyclic amines) is 1. The number of hydrogen-bond acceptors (Lipinski definition) is 6. The monoisotopic (exact) mass is 483 g/mol. The third-order valence-corrected chi connectivity index (χ3v) is 6.01. The maximum Gasteiger partial charge on any atom is 0.248 e. The molecule has 1 saturated heterocycles. The summed E-state index contributed by atoms with van der Waals surface area (Å²) in [7, 11) is 2.13. The first-order valence-electron chi connectivity index (χ1n) is 11.9. The van der Waals surface area contributed by atoms with Gasteiger partial charge >= 0.3 is 0 Å². The number of nitriles is 1. The highest BCUT2D eigenvalue weighted by Gasteiger charge is 2.18. The number of phenolic OH excluding ortho intramolecular Hbond substituents is 1. The van der Waals surface area contributed by atoms with E-state index in [1.54, 1.807) is 12.1 Å². The topological polar surface area (TPSA) is 94.8 Å². The van der Waals surface area contributed by atoms with Crippen LogP contribution in [0.15, 0.2) is 72.8 Å². The van der Waals surface area contributed by atoms with E-state index in [0.29, 0.717) is 17.0 Å². The van der Waals surface area contributed by atoms with Crippen molar-refractivity contribution in [3.05, 3.63) is 89.5 Å². The molecule has 0 aromatic heterocycles. The fourth-order valence-electron chi connectivity index (χ4n) is 3.95. The Morgan fingerprint density at radius 2 is 1.89 bits per heavy atom. The summed E-state index contributed by atoms with van der Waals surface area (Å²) < 4.78 is 12.2. The second-order valence-corrected chi connectivity index (χ2v) is 8.75. The Kier molecular flexibility index (Phi) is 8.22. The molecule has 0 bridgehead atoms. The van der Waals surface area contributed by atoms with Gasteiger partial charge in [0.1, 0.15) is 36.0 Å². The highest BCUT2D eigenvalue weighted by Crippen LogP contribution is 2.25. The molecule has 3 aromatic carbocycles. The molecule has 7 nitrogen and oxygen atoms in total. The number of para-hydroxylation sites is 1. The third kappa shape index (κ3) is 6.87. The molecule has 1 aliphatic heterocycles. The Morgan fingerprint density at radius 3 is 2.67 bits per heavy atom. The smallest absolute Gasteiger partial charge is 0.248 e. The number of amides is 1. The van der Waals surface area contributed by atoms with Gasteiger partial charge in [-0.25, -0.2) is 0 Å². The number of ether oxygens (including phenoxy) is 2. The number of carbonyl (C=O) groups excluding carboxylic acids is 1. The van der Waals surface area contributed by atoms with E-state index in [4.69, 9.17) is 14.7 Å². The minimum atomic E-state index is -0.320. The lowest BCUT2D eigenvalue weighted by atomic mass is 10.1. The van der Waals surface area contributed by atoms with Gasteiger partial charge < -0.3 is 24.8 Å². The highest BCUT2D eigenvalue weighted by atomic mass is 16.5. The lowest BCUT2D eigenvalue weighted by Gasteiger charge is -2.29. The van der Waals surface area contributed by atoms with Crippen LogP contribution in [0, 0.1) is 11.3 Å². The van der Waals surface area contributed by atoms with Crippen molar-refractivity contribution in [2.45, 2.75) is 25.6 Å². The van der Waals surface area contributed by atoms with Crippen molar-refractivity contribution >= 4 is 17.7 Å². The van der Waals surface area contributed by atoms with Crippen LogP contribution in [0.3, 0.4) is 0 Å². The predicted molar refractivity (Wildman–Crippen MR) is 139 cm³/mol. The molecule has 1 heterocycles. The molecule has 0 saturated carbocycles. The van der Waals surface area contributed by atoms with Crippen molar-refractivity contribution in [1.82, 2.24) is 4.90 Å². The van der Waals surface area contributed by atoms with Crippen molar-refractivity contribution in [2.75, 3.05) is 25.5 Å². The van der Waals surface area contributed by atoms with Gasteiger partial charge in [0.15, 0.2) is 0 Å². The number of hydrogen-bond donors (Lipinski definition) is 2. The maximum absolute atomic E-state index is 12.5. The third-order valence-electron chi connectivity index (χ3n) is 6.01. The quantitative estimate of drug-likeness (QED) is 0.440. The second kappa shape index (κ2) is 11.9. The molecular weight excluding hydrogens is 454 g/mol. The lowest BCUT2D eigenvalue weighted by molar-refractivity contribution is -0.111. The summed E-state index contributed by atoms with van der Waals surface area (Å²) in [5.41, 5.74) is 2.27. The van der Waals surface area contributed by atoms with E-state index < -0.39 is 0 Å². The molecule has 0 aliphatic carbocycles. The molecule has 4 rings (SSSR count). The van der Waals surface area contributed by atoms with Crippen LogP contribution in [-0.2, 0) is 11.4 Å². The van der Waals surface area contributed by atoms with Crippen LogP contribution in [0.4, 0.5) is 5.69 Å². The average Bonchev–Trinajstić information content (AvgIpc) is 2.89. The van der Waals surface area contributed by atoms with E-state index >= 15 is 0 Å². The Labute approximate surface area is 211 Å². The fourth-order valence-corrected chi connectivity index (χ4v) is 3.95. The molecule has 0 spiro atoms. The standard InChI is InChI=1S/C29H29N3O4/c1-32-15-13-24(14-16-32)36-26-7-4-6-25(18-26)35-20-23-5-2-3-8-27(23)31-29(34)12-10-21-9-11-22(19-30)28(33)17-21/h2-12,17-18,24,33H,13-16,20H2,1H3,(H,31,34). The summed E-state index contributed by atoms with van der Waals surface area (Å²) in [6.07, 6.45) is 5.19. The predicted octanol–water partition coefficient (Wildman–Crippen LogP) is 4.97. The maximum atomic E-state index is 12.5. The Morgan fingerprint density at radius 1 is 1.11 bits per heavy atom.